The topological polar surface area (TPSA) is 94.1 Å². The van der Waals surface area contributed by atoms with Gasteiger partial charge in [-0.2, -0.15) is 0 Å². The van der Waals surface area contributed by atoms with Gasteiger partial charge in [-0.15, -0.1) is 0 Å². The number of hydrogen-bond acceptors (Lipinski definition) is 7. The van der Waals surface area contributed by atoms with E-state index >= 15 is 0 Å². The molecule has 0 fully saturated rings. The number of ether oxygens (including phenoxy) is 3. The van der Waals surface area contributed by atoms with Crippen LogP contribution in [-0.4, -0.2) is 44.0 Å². The van der Waals surface area contributed by atoms with Gasteiger partial charge in [0, 0.05) is 11.3 Å². The molecule has 1 heterocycles. The summed E-state index contributed by atoms with van der Waals surface area (Å²) >= 11 is 0. The SMILES string of the molecule is CCOC(=O)C1=C(C)NC(CO)=C(C(=O)OCC)C1c1ccccc1OC. The maximum Gasteiger partial charge on any atom is 0.336 e. The van der Waals surface area contributed by atoms with Crippen LogP contribution in [0, 0.1) is 0 Å². The first-order chi connectivity index (χ1) is 13.0. The Labute approximate surface area is 158 Å². The molecule has 0 saturated carbocycles. The summed E-state index contributed by atoms with van der Waals surface area (Å²) in [6.07, 6.45) is 0. The molecule has 0 bridgehead atoms. The van der Waals surface area contributed by atoms with Gasteiger partial charge >= 0.3 is 11.9 Å². The Morgan fingerprint density at radius 2 is 1.67 bits per heavy atom. The first-order valence-electron chi connectivity index (χ1n) is 8.78. The van der Waals surface area contributed by atoms with E-state index < -0.39 is 24.5 Å². The van der Waals surface area contributed by atoms with Crippen LogP contribution in [0.5, 0.6) is 5.75 Å². The van der Waals surface area contributed by atoms with Crippen LogP contribution in [-0.2, 0) is 19.1 Å². The molecule has 1 aliphatic rings. The number of allylic oxidation sites excluding steroid dienone is 1. The molecule has 0 spiro atoms. The number of aliphatic hydroxyl groups is 1. The van der Waals surface area contributed by atoms with Crippen molar-refractivity contribution < 1.29 is 28.9 Å². The number of hydrogen-bond donors (Lipinski definition) is 2. The molecule has 1 aromatic carbocycles. The summed E-state index contributed by atoms with van der Waals surface area (Å²) in [5.74, 6) is -1.43. The lowest BCUT2D eigenvalue weighted by molar-refractivity contribution is -0.139. The average molecular weight is 375 g/mol. The van der Waals surface area contributed by atoms with Gasteiger partial charge in [0.25, 0.3) is 0 Å². The molecule has 1 aliphatic heterocycles. The van der Waals surface area contributed by atoms with E-state index in [1.54, 1.807) is 45.0 Å². The van der Waals surface area contributed by atoms with Crippen molar-refractivity contribution >= 4 is 11.9 Å². The molecule has 0 amide bonds. The maximum absolute atomic E-state index is 12.7. The predicted octanol–water partition coefficient (Wildman–Crippen LogP) is 2.03. The van der Waals surface area contributed by atoms with Crippen LogP contribution in [0.25, 0.3) is 0 Å². The van der Waals surface area contributed by atoms with Crippen LogP contribution in [0.3, 0.4) is 0 Å². The number of benzene rings is 1. The highest BCUT2D eigenvalue weighted by Gasteiger charge is 2.39. The fourth-order valence-corrected chi connectivity index (χ4v) is 3.17. The van der Waals surface area contributed by atoms with Crippen LogP contribution in [0.4, 0.5) is 0 Å². The third-order valence-corrected chi connectivity index (χ3v) is 4.24. The highest BCUT2D eigenvalue weighted by molar-refractivity contribution is 6.00. The van der Waals surface area contributed by atoms with Gasteiger partial charge in [0.1, 0.15) is 5.75 Å². The third-order valence-electron chi connectivity index (χ3n) is 4.24. The summed E-state index contributed by atoms with van der Waals surface area (Å²) in [6.45, 7) is 5.05. The molecule has 0 radical (unpaired) electrons. The van der Waals surface area contributed by atoms with Crippen molar-refractivity contribution in [3.63, 3.8) is 0 Å². The van der Waals surface area contributed by atoms with Crippen molar-refractivity contribution in [1.82, 2.24) is 5.32 Å². The molecule has 7 nitrogen and oxygen atoms in total. The molecule has 27 heavy (non-hydrogen) atoms. The molecule has 1 aromatic rings. The minimum atomic E-state index is -0.789. The molecular formula is C20H25NO6. The van der Waals surface area contributed by atoms with E-state index in [9.17, 15) is 14.7 Å². The van der Waals surface area contributed by atoms with Crippen molar-refractivity contribution in [2.24, 2.45) is 0 Å². The highest BCUT2D eigenvalue weighted by Crippen LogP contribution is 2.42. The second kappa shape index (κ2) is 9.23. The number of esters is 2. The second-order valence-electron chi connectivity index (χ2n) is 5.83. The predicted molar refractivity (Wildman–Crippen MR) is 98.9 cm³/mol. The molecule has 0 aromatic heterocycles. The van der Waals surface area contributed by atoms with Gasteiger partial charge in [-0.25, -0.2) is 9.59 Å². The van der Waals surface area contributed by atoms with Gasteiger partial charge in [0.15, 0.2) is 0 Å². The summed E-state index contributed by atoms with van der Waals surface area (Å²) in [4.78, 5) is 25.5. The maximum atomic E-state index is 12.7. The van der Waals surface area contributed by atoms with Crippen molar-refractivity contribution in [1.29, 1.82) is 0 Å². The standard InChI is InChI=1S/C20H25NO6/c1-5-26-19(23)16-12(3)21-14(11-22)18(20(24)27-6-2)17(16)13-9-7-8-10-15(13)25-4/h7-10,17,21-22H,5-6,11H2,1-4H3. The summed E-state index contributed by atoms with van der Waals surface area (Å²) in [7, 11) is 1.52. The first kappa shape index (κ1) is 20.5. The largest absolute Gasteiger partial charge is 0.496 e. The van der Waals surface area contributed by atoms with Gasteiger partial charge in [-0.1, -0.05) is 18.2 Å². The van der Waals surface area contributed by atoms with E-state index in [1.165, 1.54) is 7.11 Å². The van der Waals surface area contributed by atoms with E-state index in [2.05, 4.69) is 5.32 Å². The van der Waals surface area contributed by atoms with Gasteiger partial charge in [-0.05, 0) is 26.8 Å². The number of methoxy groups -OCH3 is 1. The number of aliphatic hydroxyl groups excluding tert-OH is 1. The van der Waals surface area contributed by atoms with E-state index in [0.717, 1.165) is 0 Å². The zero-order valence-corrected chi connectivity index (χ0v) is 16.0. The van der Waals surface area contributed by atoms with Crippen molar-refractivity contribution in [3.05, 3.63) is 52.4 Å². The lowest BCUT2D eigenvalue weighted by Gasteiger charge is -2.31. The van der Waals surface area contributed by atoms with Crippen molar-refractivity contribution in [3.8, 4) is 5.75 Å². The van der Waals surface area contributed by atoms with Gasteiger partial charge in [0.2, 0.25) is 0 Å². The van der Waals surface area contributed by atoms with E-state index in [0.29, 0.717) is 17.0 Å². The van der Waals surface area contributed by atoms with Crippen molar-refractivity contribution in [2.45, 2.75) is 26.7 Å². The molecule has 1 unspecified atom stereocenters. The quantitative estimate of drug-likeness (QED) is 0.704. The third kappa shape index (κ3) is 4.14. The number of carbonyl (C=O) groups is 2. The Hall–Kier alpha value is -2.80. The molecule has 146 valence electrons. The zero-order chi connectivity index (χ0) is 20.0. The molecule has 0 aliphatic carbocycles. The van der Waals surface area contributed by atoms with E-state index in [1.807, 2.05) is 0 Å². The smallest absolute Gasteiger partial charge is 0.336 e. The molecule has 0 saturated heterocycles. The number of rotatable bonds is 7. The number of nitrogens with one attached hydrogen (secondary N) is 1. The Balaban J connectivity index is 2.74. The van der Waals surface area contributed by atoms with Crippen LogP contribution < -0.4 is 10.1 Å². The normalized spacial score (nSPS) is 16.7. The lowest BCUT2D eigenvalue weighted by atomic mass is 9.80. The average Bonchev–Trinajstić information content (AvgIpc) is 2.67. The van der Waals surface area contributed by atoms with Crippen molar-refractivity contribution in [2.75, 3.05) is 26.9 Å². The summed E-state index contributed by atoms with van der Waals surface area (Å²) in [5, 5.41) is 12.8. The monoisotopic (exact) mass is 375 g/mol. The minimum absolute atomic E-state index is 0.164. The van der Waals surface area contributed by atoms with Crippen LogP contribution in [0.15, 0.2) is 46.8 Å². The Bertz CT molecular complexity index is 780. The highest BCUT2D eigenvalue weighted by atomic mass is 16.5. The Morgan fingerprint density at radius 1 is 1.07 bits per heavy atom. The summed E-state index contributed by atoms with van der Waals surface area (Å²) < 4.78 is 15.9. The van der Waals surface area contributed by atoms with E-state index in [4.69, 9.17) is 14.2 Å². The summed E-state index contributed by atoms with van der Waals surface area (Å²) in [6, 6.07) is 7.11. The first-order valence-corrected chi connectivity index (χ1v) is 8.78. The van der Waals surface area contributed by atoms with Gasteiger partial charge in [0.05, 0.1) is 49.7 Å². The molecule has 1 atom stereocenters. The fourth-order valence-electron chi connectivity index (χ4n) is 3.17. The Kier molecular flexibility index (Phi) is 7.01. The van der Waals surface area contributed by atoms with Crippen LogP contribution >= 0.6 is 0 Å². The lowest BCUT2D eigenvalue weighted by Crippen LogP contribution is -2.34. The second-order valence-corrected chi connectivity index (χ2v) is 5.83. The van der Waals surface area contributed by atoms with Gasteiger partial charge in [-0.3, -0.25) is 0 Å². The summed E-state index contributed by atoms with van der Waals surface area (Å²) in [5.41, 5.74) is 1.84. The number of carbonyl (C=O) groups excluding carboxylic acids is 2. The molecule has 2 rings (SSSR count). The van der Waals surface area contributed by atoms with Crippen LogP contribution in [0.2, 0.25) is 0 Å². The van der Waals surface area contributed by atoms with Gasteiger partial charge < -0.3 is 24.6 Å². The Morgan fingerprint density at radius 3 is 2.22 bits per heavy atom. The number of para-hydroxylation sites is 1. The number of dihydropyridines is 1. The molecular weight excluding hydrogens is 350 g/mol. The molecule has 7 heteroatoms. The van der Waals surface area contributed by atoms with Crippen LogP contribution in [0.1, 0.15) is 32.3 Å². The van der Waals surface area contributed by atoms with E-state index in [-0.39, 0.29) is 30.1 Å². The minimum Gasteiger partial charge on any atom is -0.496 e. The molecule has 2 N–H and O–H groups in total. The fraction of sp³-hybridized carbons (Fsp3) is 0.400. The zero-order valence-electron chi connectivity index (χ0n) is 16.0.